The van der Waals surface area contributed by atoms with Crippen LogP contribution in [0.3, 0.4) is 0 Å². The van der Waals surface area contributed by atoms with Gasteiger partial charge in [-0.05, 0) is 31.6 Å². The Balaban J connectivity index is 2.02. The fourth-order valence-electron chi connectivity index (χ4n) is 2.01. The van der Waals surface area contributed by atoms with Crippen LogP contribution in [-0.2, 0) is 0 Å². The molecule has 88 valence electrons. The van der Waals surface area contributed by atoms with E-state index in [1.165, 1.54) is 12.8 Å². The lowest BCUT2D eigenvalue weighted by Gasteiger charge is -2.32. The number of rotatable bonds is 3. The van der Waals surface area contributed by atoms with Crippen LogP contribution in [-0.4, -0.2) is 35.9 Å². The summed E-state index contributed by atoms with van der Waals surface area (Å²) in [6.45, 7) is 2.94. The van der Waals surface area contributed by atoms with E-state index < -0.39 is 0 Å². The summed E-state index contributed by atoms with van der Waals surface area (Å²) >= 11 is 1.65. The van der Waals surface area contributed by atoms with E-state index in [2.05, 4.69) is 20.9 Å². The van der Waals surface area contributed by atoms with Gasteiger partial charge in [-0.2, -0.15) is 0 Å². The molecule has 2 N–H and O–H groups in total. The highest BCUT2D eigenvalue weighted by molar-refractivity contribution is 7.98. The summed E-state index contributed by atoms with van der Waals surface area (Å²) in [4.78, 5) is 10.8. The lowest BCUT2D eigenvalue weighted by Crippen LogP contribution is -2.36. The minimum Gasteiger partial charge on any atom is -0.356 e. The third-order valence-corrected chi connectivity index (χ3v) is 3.75. The molecule has 1 saturated heterocycles. The van der Waals surface area contributed by atoms with Gasteiger partial charge in [-0.15, -0.1) is 11.8 Å². The van der Waals surface area contributed by atoms with Gasteiger partial charge in [-0.3, -0.25) is 0 Å². The number of thioether (sulfide) groups is 1. The number of hydrogen-bond donors (Lipinski definition) is 1. The zero-order valence-electron chi connectivity index (χ0n) is 9.59. The molecule has 0 amide bonds. The number of nitrogens with zero attached hydrogens (tertiary/aromatic N) is 3. The first-order valence-electron chi connectivity index (χ1n) is 5.64. The first-order chi connectivity index (χ1) is 7.83. The van der Waals surface area contributed by atoms with Gasteiger partial charge in [0.2, 0.25) is 0 Å². The molecule has 0 radical (unpaired) electrons. The third kappa shape index (κ3) is 2.65. The molecule has 0 unspecified atom stereocenters. The Morgan fingerprint density at radius 3 is 2.81 bits per heavy atom. The fourth-order valence-corrected chi connectivity index (χ4v) is 2.39. The number of hydrogen-bond acceptors (Lipinski definition) is 5. The van der Waals surface area contributed by atoms with Crippen molar-refractivity contribution in [3.05, 3.63) is 12.4 Å². The molecule has 1 fully saturated rings. The minimum atomic E-state index is 0.693. The van der Waals surface area contributed by atoms with E-state index in [0.717, 1.165) is 30.5 Å². The Labute approximate surface area is 101 Å². The highest BCUT2D eigenvalue weighted by Gasteiger charge is 2.19. The average molecular weight is 238 g/mol. The summed E-state index contributed by atoms with van der Waals surface area (Å²) in [6, 6.07) is 2.06. The van der Waals surface area contributed by atoms with Gasteiger partial charge in [0.05, 0.1) is 0 Å². The van der Waals surface area contributed by atoms with Crippen molar-refractivity contribution in [1.82, 2.24) is 9.97 Å². The molecule has 0 spiro atoms. The van der Waals surface area contributed by atoms with Crippen molar-refractivity contribution < 1.29 is 0 Å². The number of aromatic nitrogens is 2. The summed E-state index contributed by atoms with van der Waals surface area (Å²) < 4.78 is 0. The molecule has 2 heterocycles. The molecule has 0 atom stereocenters. The fraction of sp³-hybridized carbons (Fsp3) is 0.636. The zero-order valence-corrected chi connectivity index (χ0v) is 10.4. The Bertz CT molecular complexity index is 337. The number of piperidine rings is 1. The molecule has 0 saturated carbocycles. The van der Waals surface area contributed by atoms with Crippen molar-refractivity contribution in [2.45, 2.75) is 17.9 Å². The topological polar surface area (TPSA) is 55.0 Å². The summed E-state index contributed by atoms with van der Waals surface area (Å²) in [5, 5.41) is 1.03. The lowest BCUT2D eigenvalue weighted by molar-refractivity contribution is 0.413. The van der Waals surface area contributed by atoms with E-state index in [0.29, 0.717) is 5.92 Å². The highest BCUT2D eigenvalue weighted by atomic mass is 32.2. The van der Waals surface area contributed by atoms with E-state index >= 15 is 0 Å². The van der Waals surface area contributed by atoms with E-state index in [-0.39, 0.29) is 0 Å². The van der Waals surface area contributed by atoms with Crippen LogP contribution in [0.1, 0.15) is 12.8 Å². The molecule has 16 heavy (non-hydrogen) atoms. The van der Waals surface area contributed by atoms with Gasteiger partial charge in [0.15, 0.2) is 0 Å². The Morgan fingerprint density at radius 1 is 1.44 bits per heavy atom. The standard InChI is InChI=1S/C11H18N4S/c1-16-11-6-10(13-8-14-11)15-4-2-9(7-12)3-5-15/h6,8-9H,2-5,7,12H2,1H3. The Kier molecular flexibility index (Phi) is 4.01. The van der Waals surface area contributed by atoms with Gasteiger partial charge >= 0.3 is 0 Å². The van der Waals surface area contributed by atoms with Crippen LogP contribution in [0, 0.1) is 5.92 Å². The summed E-state index contributed by atoms with van der Waals surface area (Å²) in [5.41, 5.74) is 5.69. The van der Waals surface area contributed by atoms with Crippen LogP contribution in [0.25, 0.3) is 0 Å². The maximum absolute atomic E-state index is 5.69. The van der Waals surface area contributed by atoms with Crippen LogP contribution < -0.4 is 10.6 Å². The molecule has 1 aliphatic rings. The van der Waals surface area contributed by atoms with Crippen LogP contribution in [0.2, 0.25) is 0 Å². The molecular formula is C11H18N4S. The largest absolute Gasteiger partial charge is 0.356 e. The van der Waals surface area contributed by atoms with Gasteiger partial charge in [0.25, 0.3) is 0 Å². The van der Waals surface area contributed by atoms with E-state index in [1.54, 1.807) is 18.1 Å². The lowest BCUT2D eigenvalue weighted by atomic mass is 9.97. The number of anilines is 1. The molecule has 2 rings (SSSR count). The summed E-state index contributed by atoms with van der Waals surface area (Å²) in [7, 11) is 0. The highest BCUT2D eigenvalue weighted by Crippen LogP contribution is 2.23. The molecule has 1 aromatic rings. The first kappa shape index (κ1) is 11.7. The SMILES string of the molecule is CSc1cc(N2CCC(CN)CC2)ncn1. The van der Waals surface area contributed by atoms with Gasteiger partial charge in [-0.25, -0.2) is 9.97 Å². The summed E-state index contributed by atoms with van der Waals surface area (Å²) in [5.74, 6) is 1.74. The molecule has 0 bridgehead atoms. The van der Waals surface area contributed by atoms with Crippen LogP contribution >= 0.6 is 11.8 Å². The molecule has 4 nitrogen and oxygen atoms in total. The average Bonchev–Trinajstić information content (AvgIpc) is 2.39. The van der Waals surface area contributed by atoms with Crippen molar-refractivity contribution in [2.75, 3.05) is 30.8 Å². The second kappa shape index (κ2) is 5.50. The van der Waals surface area contributed by atoms with Gasteiger partial charge < -0.3 is 10.6 Å². The molecule has 1 aromatic heterocycles. The molecule has 1 aliphatic heterocycles. The zero-order chi connectivity index (χ0) is 11.4. The van der Waals surface area contributed by atoms with Crippen molar-refractivity contribution in [3.63, 3.8) is 0 Å². The quantitative estimate of drug-likeness (QED) is 0.637. The molecule has 5 heteroatoms. The number of nitrogens with two attached hydrogens (primary N) is 1. The van der Waals surface area contributed by atoms with Gasteiger partial charge in [0.1, 0.15) is 17.2 Å². The second-order valence-corrected chi connectivity index (χ2v) is 4.91. The van der Waals surface area contributed by atoms with Crippen LogP contribution in [0.5, 0.6) is 0 Å². The Morgan fingerprint density at radius 2 is 2.19 bits per heavy atom. The normalized spacial score (nSPS) is 17.8. The second-order valence-electron chi connectivity index (χ2n) is 4.08. The van der Waals surface area contributed by atoms with Gasteiger partial charge in [0, 0.05) is 19.2 Å². The van der Waals surface area contributed by atoms with Crippen molar-refractivity contribution in [1.29, 1.82) is 0 Å². The van der Waals surface area contributed by atoms with E-state index in [4.69, 9.17) is 5.73 Å². The monoisotopic (exact) mass is 238 g/mol. The van der Waals surface area contributed by atoms with Crippen molar-refractivity contribution in [2.24, 2.45) is 11.7 Å². The molecular weight excluding hydrogens is 220 g/mol. The molecule has 0 aliphatic carbocycles. The maximum atomic E-state index is 5.69. The smallest absolute Gasteiger partial charge is 0.133 e. The predicted octanol–water partition coefficient (Wildman–Crippen LogP) is 1.37. The predicted molar refractivity (Wildman–Crippen MR) is 67.8 cm³/mol. The third-order valence-electron chi connectivity index (χ3n) is 3.11. The maximum Gasteiger partial charge on any atom is 0.133 e. The summed E-state index contributed by atoms with van der Waals surface area (Å²) in [6.07, 6.45) is 6.03. The van der Waals surface area contributed by atoms with E-state index in [9.17, 15) is 0 Å². The Hall–Kier alpha value is -0.810. The van der Waals surface area contributed by atoms with Crippen LogP contribution in [0.4, 0.5) is 5.82 Å². The van der Waals surface area contributed by atoms with E-state index in [1.807, 2.05) is 6.26 Å². The van der Waals surface area contributed by atoms with Crippen molar-refractivity contribution in [3.8, 4) is 0 Å². The minimum absolute atomic E-state index is 0.693. The molecule has 0 aromatic carbocycles. The van der Waals surface area contributed by atoms with Crippen molar-refractivity contribution >= 4 is 17.6 Å². The van der Waals surface area contributed by atoms with Crippen LogP contribution in [0.15, 0.2) is 17.4 Å². The van der Waals surface area contributed by atoms with Gasteiger partial charge in [-0.1, -0.05) is 0 Å². The first-order valence-corrected chi connectivity index (χ1v) is 6.87.